The Morgan fingerprint density at radius 3 is 2.73 bits per heavy atom. The van der Waals surface area contributed by atoms with E-state index in [1.807, 2.05) is 0 Å². The van der Waals surface area contributed by atoms with Crippen molar-refractivity contribution in [3.05, 3.63) is 11.3 Å². The average Bonchev–Trinajstić information content (AvgIpc) is 2.26. The fraction of sp³-hybridized carbons (Fsp3) is 0.727. The highest BCUT2D eigenvalue weighted by atomic mass is 16.3. The van der Waals surface area contributed by atoms with E-state index in [0.29, 0.717) is 13.1 Å². The highest BCUT2D eigenvalue weighted by Crippen LogP contribution is 2.18. The van der Waals surface area contributed by atoms with Gasteiger partial charge in [0.1, 0.15) is 6.61 Å². The number of aliphatic hydroxyl groups is 2. The van der Waals surface area contributed by atoms with Gasteiger partial charge in [-0.25, -0.2) is 4.99 Å². The molecule has 1 aliphatic rings. The van der Waals surface area contributed by atoms with Crippen LogP contribution in [0.1, 0.15) is 26.2 Å². The van der Waals surface area contributed by atoms with Gasteiger partial charge < -0.3 is 15.5 Å². The maximum Gasteiger partial charge on any atom is 0.179 e. The van der Waals surface area contributed by atoms with Crippen molar-refractivity contribution in [3.8, 4) is 0 Å². The summed E-state index contributed by atoms with van der Waals surface area (Å²) in [7, 11) is 0. The molecule has 1 aliphatic carbocycles. The van der Waals surface area contributed by atoms with Gasteiger partial charge in [-0.3, -0.25) is 0 Å². The fourth-order valence-electron chi connectivity index (χ4n) is 1.85. The molecule has 0 aromatic heterocycles. The molecular formula is C11H21N2O2+. The Balaban J connectivity index is 2.66. The molecule has 0 saturated heterocycles. The third kappa shape index (κ3) is 3.64. The fourth-order valence-corrected chi connectivity index (χ4v) is 1.85. The average molecular weight is 213 g/mol. The van der Waals surface area contributed by atoms with Crippen LogP contribution < -0.4 is 10.3 Å². The Labute approximate surface area is 90.7 Å². The number of hydrogen-bond acceptors (Lipinski definition) is 3. The summed E-state index contributed by atoms with van der Waals surface area (Å²) < 4.78 is 0. The van der Waals surface area contributed by atoms with Gasteiger partial charge in [-0.15, -0.1) is 0 Å². The second kappa shape index (κ2) is 6.58. The predicted molar refractivity (Wildman–Crippen MR) is 59.6 cm³/mol. The van der Waals surface area contributed by atoms with E-state index >= 15 is 0 Å². The molecule has 4 N–H and O–H groups in total. The van der Waals surface area contributed by atoms with Crippen molar-refractivity contribution in [2.45, 2.75) is 26.2 Å². The van der Waals surface area contributed by atoms with E-state index in [4.69, 9.17) is 10.2 Å². The van der Waals surface area contributed by atoms with Gasteiger partial charge in [-0.1, -0.05) is 0 Å². The SMILES string of the molecule is CC1=C(NCCO)CCCC1=[NH+]CCO. The first-order valence-electron chi connectivity index (χ1n) is 5.55. The first-order valence-corrected chi connectivity index (χ1v) is 5.55. The Hall–Kier alpha value is -0.870. The Morgan fingerprint density at radius 1 is 1.27 bits per heavy atom. The molecule has 4 heteroatoms. The zero-order chi connectivity index (χ0) is 11.1. The zero-order valence-electron chi connectivity index (χ0n) is 9.34. The van der Waals surface area contributed by atoms with Crippen LogP contribution in [0.2, 0.25) is 0 Å². The maximum absolute atomic E-state index is 8.75. The van der Waals surface area contributed by atoms with Crippen molar-refractivity contribution in [1.82, 2.24) is 5.32 Å². The van der Waals surface area contributed by atoms with Crippen molar-refractivity contribution in [1.29, 1.82) is 0 Å². The standard InChI is InChI=1S/C11H20N2O2/c1-9-10(12-5-7-14)3-2-4-11(9)13-6-8-15/h12,14-15H,2-8H2,1H3/p+1. The number of allylic oxidation sites excluding steroid dienone is 2. The van der Waals surface area contributed by atoms with Gasteiger partial charge >= 0.3 is 0 Å². The quantitative estimate of drug-likeness (QED) is 0.451. The zero-order valence-corrected chi connectivity index (χ0v) is 9.34. The van der Waals surface area contributed by atoms with Crippen molar-refractivity contribution < 1.29 is 15.2 Å². The van der Waals surface area contributed by atoms with E-state index in [2.05, 4.69) is 17.2 Å². The summed E-state index contributed by atoms with van der Waals surface area (Å²) in [5.74, 6) is 0. The maximum atomic E-state index is 8.75. The summed E-state index contributed by atoms with van der Waals surface area (Å²) in [6, 6.07) is 0. The van der Waals surface area contributed by atoms with Crippen LogP contribution in [0.3, 0.4) is 0 Å². The van der Waals surface area contributed by atoms with Crippen LogP contribution in [0, 0.1) is 0 Å². The molecule has 0 heterocycles. The van der Waals surface area contributed by atoms with Crippen LogP contribution in [0.15, 0.2) is 11.3 Å². The Bertz CT molecular complexity index is 259. The van der Waals surface area contributed by atoms with Crippen molar-refractivity contribution in [3.63, 3.8) is 0 Å². The molecule has 0 fully saturated rings. The molecule has 0 aromatic rings. The lowest BCUT2D eigenvalue weighted by atomic mass is 9.95. The minimum Gasteiger partial charge on any atom is -0.395 e. The van der Waals surface area contributed by atoms with Crippen LogP contribution in [0.5, 0.6) is 0 Å². The van der Waals surface area contributed by atoms with Gasteiger partial charge in [0.2, 0.25) is 0 Å². The largest absolute Gasteiger partial charge is 0.395 e. The topological polar surface area (TPSA) is 66.5 Å². The molecule has 0 radical (unpaired) electrons. The first kappa shape index (κ1) is 12.2. The summed E-state index contributed by atoms with van der Waals surface area (Å²) in [4.78, 5) is 3.23. The summed E-state index contributed by atoms with van der Waals surface area (Å²) in [5, 5.41) is 20.7. The van der Waals surface area contributed by atoms with Crippen molar-refractivity contribution in [2.24, 2.45) is 0 Å². The molecule has 0 spiro atoms. The molecule has 0 amide bonds. The minimum absolute atomic E-state index is 0.163. The highest BCUT2D eigenvalue weighted by Gasteiger charge is 2.18. The number of rotatable bonds is 5. The number of hydrogen-bond donors (Lipinski definition) is 4. The van der Waals surface area contributed by atoms with E-state index in [-0.39, 0.29) is 13.2 Å². The lowest BCUT2D eigenvalue weighted by Gasteiger charge is -2.17. The van der Waals surface area contributed by atoms with Gasteiger partial charge in [-0.2, -0.15) is 0 Å². The molecule has 0 aliphatic heterocycles. The molecule has 4 nitrogen and oxygen atoms in total. The van der Waals surface area contributed by atoms with Crippen LogP contribution >= 0.6 is 0 Å². The van der Waals surface area contributed by atoms with Crippen LogP contribution in [-0.4, -0.2) is 42.2 Å². The first-order chi connectivity index (χ1) is 7.29. The molecule has 0 aromatic carbocycles. The minimum atomic E-state index is 0.163. The second-order valence-electron chi connectivity index (χ2n) is 3.74. The molecule has 0 atom stereocenters. The van der Waals surface area contributed by atoms with E-state index in [0.717, 1.165) is 19.3 Å². The monoisotopic (exact) mass is 213 g/mol. The normalized spacial score (nSPS) is 19.8. The van der Waals surface area contributed by atoms with E-state index in [1.54, 1.807) is 0 Å². The number of nitrogens with one attached hydrogen (secondary N) is 2. The third-order valence-corrected chi connectivity index (χ3v) is 2.66. The van der Waals surface area contributed by atoms with Gasteiger partial charge in [-0.05, 0) is 19.8 Å². The molecular weight excluding hydrogens is 192 g/mol. The molecule has 0 unspecified atom stereocenters. The summed E-state index contributed by atoms with van der Waals surface area (Å²) in [5.41, 5.74) is 3.68. The van der Waals surface area contributed by atoms with Gasteiger partial charge in [0, 0.05) is 24.2 Å². The smallest absolute Gasteiger partial charge is 0.179 e. The number of aliphatic hydroxyl groups excluding tert-OH is 2. The van der Waals surface area contributed by atoms with Gasteiger partial charge in [0.15, 0.2) is 12.3 Å². The summed E-state index contributed by atoms with van der Waals surface area (Å²) >= 11 is 0. The van der Waals surface area contributed by atoms with E-state index in [1.165, 1.54) is 17.0 Å². The van der Waals surface area contributed by atoms with Crippen molar-refractivity contribution >= 4 is 5.71 Å². The highest BCUT2D eigenvalue weighted by molar-refractivity contribution is 5.96. The van der Waals surface area contributed by atoms with Crippen molar-refractivity contribution in [2.75, 3.05) is 26.3 Å². The lowest BCUT2D eigenvalue weighted by Crippen LogP contribution is -2.74. The predicted octanol–water partition coefficient (Wildman–Crippen LogP) is -1.46. The van der Waals surface area contributed by atoms with Crippen LogP contribution in [-0.2, 0) is 0 Å². The van der Waals surface area contributed by atoms with E-state index < -0.39 is 0 Å². The third-order valence-electron chi connectivity index (χ3n) is 2.66. The molecule has 1 rings (SSSR count). The molecule has 0 saturated carbocycles. The van der Waals surface area contributed by atoms with E-state index in [9.17, 15) is 0 Å². The van der Waals surface area contributed by atoms with Crippen LogP contribution in [0.25, 0.3) is 0 Å². The lowest BCUT2D eigenvalue weighted by molar-refractivity contribution is -0.461. The summed E-state index contributed by atoms with van der Waals surface area (Å²) in [6.07, 6.45) is 3.23. The molecule has 15 heavy (non-hydrogen) atoms. The molecule has 0 bridgehead atoms. The summed E-state index contributed by atoms with van der Waals surface area (Å²) in [6.45, 7) is 3.63. The van der Waals surface area contributed by atoms with Gasteiger partial charge in [0.25, 0.3) is 0 Å². The Morgan fingerprint density at radius 2 is 2.07 bits per heavy atom. The van der Waals surface area contributed by atoms with Gasteiger partial charge in [0.05, 0.1) is 6.61 Å². The second-order valence-corrected chi connectivity index (χ2v) is 3.74. The molecule has 86 valence electrons. The Kier molecular flexibility index (Phi) is 5.36. The van der Waals surface area contributed by atoms with Crippen LogP contribution in [0.4, 0.5) is 0 Å².